The monoisotopic (exact) mass is 299 g/mol. The summed E-state index contributed by atoms with van der Waals surface area (Å²) < 4.78 is 18.8. The van der Waals surface area contributed by atoms with Crippen molar-refractivity contribution < 1.29 is 9.13 Å². The van der Waals surface area contributed by atoms with Gasteiger partial charge in [-0.15, -0.1) is 0 Å². The highest BCUT2D eigenvalue weighted by atomic mass is 19.1. The maximum atomic E-state index is 12.9. The average Bonchev–Trinajstić information content (AvgIpc) is 3.07. The van der Waals surface area contributed by atoms with E-state index in [0.29, 0.717) is 12.6 Å². The molecule has 3 heteroatoms. The standard InChI is InChI=1S/C19H22FNO/c20-17-11-9-15(10-12-17)14-22-19-8-4-1-5-16(19)13-21-18-6-2-3-7-18/h1,4-5,8-12,18,21H,2-3,6-7,13-14H2. The van der Waals surface area contributed by atoms with E-state index in [2.05, 4.69) is 11.4 Å². The molecule has 0 atom stereocenters. The van der Waals surface area contributed by atoms with E-state index >= 15 is 0 Å². The number of benzene rings is 2. The lowest BCUT2D eigenvalue weighted by molar-refractivity contribution is 0.301. The topological polar surface area (TPSA) is 21.3 Å². The molecule has 0 bridgehead atoms. The van der Waals surface area contributed by atoms with Crippen LogP contribution in [-0.2, 0) is 13.2 Å². The zero-order valence-corrected chi connectivity index (χ0v) is 12.7. The lowest BCUT2D eigenvalue weighted by Gasteiger charge is -2.15. The van der Waals surface area contributed by atoms with Gasteiger partial charge >= 0.3 is 0 Å². The molecule has 0 spiro atoms. The molecule has 0 amide bonds. The van der Waals surface area contributed by atoms with Crippen LogP contribution in [0.25, 0.3) is 0 Å². The number of nitrogens with one attached hydrogen (secondary N) is 1. The van der Waals surface area contributed by atoms with Crippen LogP contribution in [0.1, 0.15) is 36.8 Å². The molecule has 3 rings (SSSR count). The molecular formula is C19H22FNO. The first kappa shape index (κ1) is 15.0. The van der Waals surface area contributed by atoms with Gasteiger partial charge in [0.25, 0.3) is 0 Å². The predicted molar refractivity (Wildman–Crippen MR) is 86.3 cm³/mol. The molecule has 0 aliphatic heterocycles. The van der Waals surface area contributed by atoms with E-state index in [4.69, 9.17) is 4.74 Å². The molecule has 1 N–H and O–H groups in total. The molecule has 22 heavy (non-hydrogen) atoms. The lowest BCUT2D eigenvalue weighted by Crippen LogP contribution is -2.25. The van der Waals surface area contributed by atoms with Crippen LogP contribution in [0.5, 0.6) is 5.75 Å². The molecule has 1 saturated carbocycles. The molecular weight excluding hydrogens is 277 g/mol. The van der Waals surface area contributed by atoms with Crippen molar-refractivity contribution in [3.8, 4) is 5.75 Å². The Balaban J connectivity index is 1.59. The number of para-hydroxylation sites is 1. The van der Waals surface area contributed by atoms with Crippen molar-refractivity contribution in [1.82, 2.24) is 5.32 Å². The van der Waals surface area contributed by atoms with Gasteiger partial charge in [-0.1, -0.05) is 43.2 Å². The Hall–Kier alpha value is -1.87. The maximum absolute atomic E-state index is 12.9. The molecule has 2 aromatic carbocycles. The Morgan fingerprint density at radius 2 is 1.73 bits per heavy atom. The maximum Gasteiger partial charge on any atom is 0.124 e. The Labute approximate surface area is 131 Å². The number of ether oxygens (including phenoxy) is 1. The van der Waals surface area contributed by atoms with Crippen LogP contribution in [0.2, 0.25) is 0 Å². The largest absolute Gasteiger partial charge is 0.489 e. The first-order chi connectivity index (χ1) is 10.8. The van der Waals surface area contributed by atoms with Crippen LogP contribution in [0.4, 0.5) is 4.39 Å². The molecule has 1 fully saturated rings. The van der Waals surface area contributed by atoms with Gasteiger partial charge in [-0.2, -0.15) is 0 Å². The van der Waals surface area contributed by atoms with Crippen LogP contribution in [0.3, 0.4) is 0 Å². The van der Waals surface area contributed by atoms with Crippen molar-refractivity contribution in [2.24, 2.45) is 0 Å². The normalized spacial score (nSPS) is 15.1. The van der Waals surface area contributed by atoms with Gasteiger partial charge in [0.1, 0.15) is 18.2 Å². The summed E-state index contributed by atoms with van der Waals surface area (Å²) in [5.74, 6) is 0.683. The molecule has 0 saturated heterocycles. The van der Waals surface area contributed by atoms with E-state index in [1.54, 1.807) is 12.1 Å². The van der Waals surface area contributed by atoms with E-state index < -0.39 is 0 Å². The van der Waals surface area contributed by atoms with Crippen molar-refractivity contribution in [2.75, 3.05) is 0 Å². The van der Waals surface area contributed by atoms with E-state index in [-0.39, 0.29) is 5.82 Å². The summed E-state index contributed by atoms with van der Waals surface area (Å²) in [6, 6.07) is 15.2. The minimum absolute atomic E-state index is 0.218. The van der Waals surface area contributed by atoms with Crippen molar-refractivity contribution in [2.45, 2.75) is 44.9 Å². The van der Waals surface area contributed by atoms with Gasteiger partial charge < -0.3 is 10.1 Å². The van der Waals surface area contributed by atoms with Crippen LogP contribution >= 0.6 is 0 Å². The van der Waals surface area contributed by atoms with Crippen molar-refractivity contribution >= 4 is 0 Å². The second-order valence-electron chi connectivity index (χ2n) is 5.89. The Morgan fingerprint density at radius 1 is 1.00 bits per heavy atom. The molecule has 116 valence electrons. The Kier molecular flexibility index (Phi) is 5.07. The molecule has 1 aliphatic rings. The summed E-state index contributed by atoms with van der Waals surface area (Å²) in [5, 5.41) is 3.61. The molecule has 2 aromatic rings. The highest BCUT2D eigenvalue weighted by Crippen LogP contribution is 2.22. The minimum Gasteiger partial charge on any atom is -0.489 e. The first-order valence-electron chi connectivity index (χ1n) is 8.00. The number of hydrogen-bond donors (Lipinski definition) is 1. The molecule has 0 aromatic heterocycles. The SMILES string of the molecule is Fc1ccc(COc2ccccc2CNC2CCCC2)cc1. The van der Waals surface area contributed by atoms with Crippen molar-refractivity contribution in [1.29, 1.82) is 0 Å². The van der Waals surface area contributed by atoms with Crippen molar-refractivity contribution in [3.63, 3.8) is 0 Å². The number of rotatable bonds is 6. The molecule has 0 heterocycles. The summed E-state index contributed by atoms with van der Waals surface area (Å²) >= 11 is 0. The molecule has 0 radical (unpaired) electrons. The van der Waals surface area contributed by atoms with Crippen LogP contribution in [-0.4, -0.2) is 6.04 Å². The fourth-order valence-electron chi connectivity index (χ4n) is 2.92. The van der Waals surface area contributed by atoms with Crippen molar-refractivity contribution in [3.05, 3.63) is 65.5 Å². The highest BCUT2D eigenvalue weighted by Gasteiger charge is 2.14. The fourth-order valence-corrected chi connectivity index (χ4v) is 2.92. The van der Waals surface area contributed by atoms with E-state index in [1.165, 1.54) is 43.4 Å². The van der Waals surface area contributed by atoms with Gasteiger partial charge in [-0.3, -0.25) is 0 Å². The van der Waals surface area contributed by atoms with Crippen LogP contribution < -0.4 is 10.1 Å². The van der Waals surface area contributed by atoms with Gasteiger partial charge in [0.15, 0.2) is 0 Å². The average molecular weight is 299 g/mol. The third-order valence-electron chi connectivity index (χ3n) is 4.22. The van der Waals surface area contributed by atoms with Crippen LogP contribution in [0.15, 0.2) is 48.5 Å². The fraction of sp³-hybridized carbons (Fsp3) is 0.368. The van der Waals surface area contributed by atoms with Gasteiger partial charge in [-0.05, 0) is 36.6 Å². The zero-order valence-electron chi connectivity index (χ0n) is 12.7. The summed E-state index contributed by atoms with van der Waals surface area (Å²) in [7, 11) is 0. The van der Waals surface area contributed by atoms with E-state index in [9.17, 15) is 4.39 Å². The summed E-state index contributed by atoms with van der Waals surface area (Å²) in [5.41, 5.74) is 2.15. The second-order valence-corrected chi connectivity index (χ2v) is 5.89. The third kappa shape index (κ3) is 4.08. The van der Waals surface area contributed by atoms with E-state index in [0.717, 1.165) is 17.9 Å². The predicted octanol–water partition coefficient (Wildman–Crippen LogP) is 4.44. The highest BCUT2D eigenvalue weighted by molar-refractivity contribution is 5.33. The van der Waals surface area contributed by atoms with Gasteiger partial charge in [0, 0.05) is 18.2 Å². The summed E-state index contributed by atoms with van der Waals surface area (Å²) in [6.07, 6.45) is 5.22. The van der Waals surface area contributed by atoms with E-state index in [1.807, 2.05) is 18.2 Å². The third-order valence-corrected chi connectivity index (χ3v) is 4.22. The Bertz CT molecular complexity index is 591. The first-order valence-corrected chi connectivity index (χ1v) is 8.00. The van der Waals surface area contributed by atoms with Gasteiger partial charge in [-0.25, -0.2) is 4.39 Å². The summed E-state index contributed by atoms with van der Waals surface area (Å²) in [4.78, 5) is 0. The van der Waals surface area contributed by atoms with Crippen LogP contribution in [0, 0.1) is 5.82 Å². The van der Waals surface area contributed by atoms with Gasteiger partial charge in [0.05, 0.1) is 0 Å². The Morgan fingerprint density at radius 3 is 2.50 bits per heavy atom. The second kappa shape index (κ2) is 7.41. The van der Waals surface area contributed by atoms with Gasteiger partial charge in [0.2, 0.25) is 0 Å². The minimum atomic E-state index is -0.218. The smallest absolute Gasteiger partial charge is 0.124 e. The molecule has 0 unspecified atom stereocenters. The summed E-state index contributed by atoms with van der Waals surface area (Å²) in [6.45, 7) is 1.30. The molecule has 2 nitrogen and oxygen atoms in total. The lowest BCUT2D eigenvalue weighted by atomic mass is 10.1. The number of hydrogen-bond acceptors (Lipinski definition) is 2. The molecule has 1 aliphatic carbocycles. The number of halogens is 1. The zero-order chi connectivity index (χ0) is 15.2. The quantitative estimate of drug-likeness (QED) is 0.851.